The zero-order valence-corrected chi connectivity index (χ0v) is 13.6. The summed E-state index contributed by atoms with van der Waals surface area (Å²) in [4.78, 5) is 0. The molecule has 0 spiro atoms. The van der Waals surface area contributed by atoms with Crippen molar-refractivity contribution in [2.24, 2.45) is 5.73 Å². The number of hydrogen-bond acceptors (Lipinski definition) is 2. The van der Waals surface area contributed by atoms with Gasteiger partial charge in [-0.3, -0.25) is 0 Å². The molecule has 2 nitrogen and oxygen atoms in total. The van der Waals surface area contributed by atoms with Crippen molar-refractivity contribution >= 4 is 49.8 Å². The number of allylic oxidation sites excluding steroid dienone is 1. The highest BCUT2D eigenvalue weighted by Crippen LogP contribution is 2.27. The van der Waals surface area contributed by atoms with Gasteiger partial charge in [0, 0.05) is 13.6 Å². The van der Waals surface area contributed by atoms with E-state index in [4.69, 9.17) is 5.73 Å². The van der Waals surface area contributed by atoms with Gasteiger partial charge in [-0.1, -0.05) is 46.3 Å². The van der Waals surface area contributed by atoms with Crippen LogP contribution in [0.4, 0.5) is 0 Å². The number of nitriles is 1. The largest absolute Gasteiger partial charge is 0.397 e. The smallest absolute Gasteiger partial charge is 0.102 e. The first-order valence-electron chi connectivity index (χ1n) is 5.54. The SMILES string of the molecule is N#C/C(=C(/N)c1cc(Br)ccc1I)c1ccccc1. The Morgan fingerprint density at radius 1 is 1.16 bits per heavy atom. The average Bonchev–Trinajstić information content (AvgIpc) is 2.43. The molecule has 4 heteroatoms. The van der Waals surface area contributed by atoms with Crippen molar-refractivity contribution in [2.75, 3.05) is 0 Å². The molecule has 0 atom stereocenters. The number of rotatable bonds is 2. The molecular weight excluding hydrogens is 415 g/mol. The first-order valence-corrected chi connectivity index (χ1v) is 7.41. The molecule has 94 valence electrons. The number of nitrogens with zero attached hydrogens (tertiary/aromatic N) is 1. The standard InChI is InChI=1S/C15H10BrIN2/c16-11-6-7-14(17)12(8-11)15(19)13(9-18)10-4-2-1-3-5-10/h1-8H,19H2/b15-13-. The first-order chi connectivity index (χ1) is 9.13. The van der Waals surface area contributed by atoms with Crippen LogP contribution in [-0.4, -0.2) is 0 Å². The first kappa shape index (κ1) is 14.1. The van der Waals surface area contributed by atoms with Crippen LogP contribution < -0.4 is 5.73 Å². The molecule has 2 aromatic rings. The summed E-state index contributed by atoms with van der Waals surface area (Å²) >= 11 is 5.64. The maximum Gasteiger partial charge on any atom is 0.102 e. The molecule has 0 unspecified atom stereocenters. The summed E-state index contributed by atoms with van der Waals surface area (Å²) in [5, 5.41) is 9.37. The molecule has 0 amide bonds. The summed E-state index contributed by atoms with van der Waals surface area (Å²) in [5.74, 6) is 0. The molecule has 19 heavy (non-hydrogen) atoms. The van der Waals surface area contributed by atoms with E-state index >= 15 is 0 Å². The van der Waals surface area contributed by atoms with Crippen LogP contribution in [0.3, 0.4) is 0 Å². The number of hydrogen-bond donors (Lipinski definition) is 1. The van der Waals surface area contributed by atoms with Crippen molar-refractivity contribution < 1.29 is 0 Å². The van der Waals surface area contributed by atoms with Gasteiger partial charge < -0.3 is 5.73 Å². The second-order valence-corrected chi connectivity index (χ2v) is 5.97. The molecule has 2 N–H and O–H groups in total. The fourth-order valence-electron chi connectivity index (χ4n) is 1.72. The molecule has 0 fully saturated rings. The molecule has 0 aliphatic rings. The third-order valence-electron chi connectivity index (χ3n) is 2.66. The highest BCUT2D eigenvalue weighted by molar-refractivity contribution is 14.1. The second kappa shape index (κ2) is 6.22. The van der Waals surface area contributed by atoms with Gasteiger partial charge in [0.05, 0.1) is 11.3 Å². The molecule has 0 radical (unpaired) electrons. The van der Waals surface area contributed by atoms with E-state index in [2.05, 4.69) is 44.6 Å². The quantitative estimate of drug-likeness (QED) is 0.441. The normalized spacial score (nSPS) is 11.6. The van der Waals surface area contributed by atoms with Crippen LogP contribution in [0.15, 0.2) is 53.0 Å². The Morgan fingerprint density at radius 3 is 2.47 bits per heavy atom. The lowest BCUT2D eigenvalue weighted by Gasteiger charge is -2.09. The minimum atomic E-state index is 0.497. The fourth-order valence-corrected chi connectivity index (χ4v) is 2.71. The summed E-state index contributed by atoms with van der Waals surface area (Å²) in [6, 6.07) is 17.5. The number of benzene rings is 2. The minimum absolute atomic E-state index is 0.497. The summed E-state index contributed by atoms with van der Waals surface area (Å²) in [6.45, 7) is 0. The highest BCUT2D eigenvalue weighted by atomic mass is 127. The Kier molecular flexibility index (Phi) is 4.61. The molecule has 2 aromatic carbocycles. The Morgan fingerprint density at radius 2 is 1.84 bits per heavy atom. The lowest BCUT2D eigenvalue weighted by atomic mass is 10.0. The Balaban J connectivity index is 2.62. The van der Waals surface area contributed by atoms with E-state index in [-0.39, 0.29) is 0 Å². The average molecular weight is 425 g/mol. The second-order valence-electron chi connectivity index (χ2n) is 3.89. The molecule has 0 aromatic heterocycles. The van der Waals surface area contributed by atoms with Crippen molar-refractivity contribution in [2.45, 2.75) is 0 Å². The molecule has 0 heterocycles. The van der Waals surface area contributed by atoms with Gasteiger partial charge in [0.15, 0.2) is 0 Å². The lowest BCUT2D eigenvalue weighted by Crippen LogP contribution is -2.02. The van der Waals surface area contributed by atoms with Gasteiger partial charge in [-0.05, 0) is 46.4 Å². The maximum atomic E-state index is 9.37. The van der Waals surface area contributed by atoms with Crippen LogP contribution in [0.1, 0.15) is 11.1 Å². The Hall–Kier alpha value is -1.32. The molecule has 0 bridgehead atoms. The van der Waals surface area contributed by atoms with Crippen molar-refractivity contribution in [1.82, 2.24) is 0 Å². The molecule has 0 saturated carbocycles. The third kappa shape index (κ3) is 3.17. The zero-order valence-electron chi connectivity index (χ0n) is 9.90. The van der Waals surface area contributed by atoms with E-state index in [1.807, 2.05) is 48.5 Å². The van der Waals surface area contributed by atoms with E-state index in [0.29, 0.717) is 11.3 Å². The zero-order chi connectivity index (χ0) is 13.8. The van der Waals surface area contributed by atoms with E-state index < -0.39 is 0 Å². The fraction of sp³-hybridized carbons (Fsp3) is 0. The summed E-state index contributed by atoms with van der Waals surface area (Å²) in [7, 11) is 0. The van der Waals surface area contributed by atoms with Crippen LogP contribution in [0, 0.1) is 14.9 Å². The van der Waals surface area contributed by atoms with Crippen LogP contribution >= 0.6 is 38.5 Å². The monoisotopic (exact) mass is 424 g/mol. The molecule has 0 aliphatic carbocycles. The van der Waals surface area contributed by atoms with Crippen molar-refractivity contribution in [3.8, 4) is 6.07 Å². The molecule has 2 rings (SSSR count). The number of nitrogens with two attached hydrogens (primary N) is 1. The van der Waals surface area contributed by atoms with Gasteiger partial charge in [-0.2, -0.15) is 5.26 Å². The van der Waals surface area contributed by atoms with Crippen LogP contribution in [0.5, 0.6) is 0 Å². The van der Waals surface area contributed by atoms with Crippen LogP contribution in [0.25, 0.3) is 11.3 Å². The predicted molar refractivity (Wildman–Crippen MR) is 89.9 cm³/mol. The lowest BCUT2D eigenvalue weighted by molar-refractivity contribution is 1.45. The van der Waals surface area contributed by atoms with Gasteiger partial charge in [0.1, 0.15) is 6.07 Å². The maximum absolute atomic E-state index is 9.37. The molecule has 0 aliphatic heterocycles. The van der Waals surface area contributed by atoms with Crippen LogP contribution in [-0.2, 0) is 0 Å². The van der Waals surface area contributed by atoms with Crippen LogP contribution in [0.2, 0.25) is 0 Å². The summed E-state index contributed by atoms with van der Waals surface area (Å²) < 4.78 is 1.96. The predicted octanol–water partition coefficient (Wildman–Crippen LogP) is 4.40. The van der Waals surface area contributed by atoms with E-state index in [1.54, 1.807) is 0 Å². The van der Waals surface area contributed by atoms with E-state index in [0.717, 1.165) is 19.2 Å². The molecule has 0 saturated heterocycles. The van der Waals surface area contributed by atoms with Crippen molar-refractivity contribution in [1.29, 1.82) is 5.26 Å². The third-order valence-corrected chi connectivity index (χ3v) is 4.10. The van der Waals surface area contributed by atoms with E-state index in [1.165, 1.54) is 0 Å². The van der Waals surface area contributed by atoms with Gasteiger partial charge in [-0.25, -0.2) is 0 Å². The summed E-state index contributed by atoms with van der Waals surface area (Å²) in [6.07, 6.45) is 0. The molecular formula is C15H10BrIN2. The Bertz CT molecular complexity index is 672. The van der Waals surface area contributed by atoms with E-state index in [9.17, 15) is 5.26 Å². The van der Waals surface area contributed by atoms with Crippen molar-refractivity contribution in [3.05, 3.63) is 67.7 Å². The topological polar surface area (TPSA) is 49.8 Å². The Labute approximate surface area is 134 Å². The van der Waals surface area contributed by atoms with Gasteiger partial charge in [0.2, 0.25) is 0 Å². The van der Waals surface area contributed by atoms with Gasteiger partial charge in [0.25, 0.3) is 0 Å². The van der Waals surface area contributed by atoms with Gasteiger partial charge >= 0.3 is 0 Å². The summed E-state index contributed by atoms with van der Waals surface area (Å²) in [5.41, 5.74) is 8.88. The number of halogens is 2. The van der Waals surface area contributed by atoms with Crippen molar-refractivity contribution in [3.63, 3.8) is 0 Å². The minimum Gasteiger partial charge on any atom is -0.397 e. The van der Waals surface area contributed by atoms with Gasteiger partial charge in [-0.15, -0.1) is 0 Å². The highest BCUT2D eigenvalue weighted by Gasteiger charge is 2.11.